The van der Waals surface area contributed by atoms with Crippen LogP contribution >= 0.6 is 12.2 Å². The molecule has 0 spiro atoms. The third kappa shape index (κ3) is 2.11. The van der Waals surface area contributed by atoms with E-state index in [4.69, 9.17) is 23.7 Å². The highest BCUT2D eigenvalue weighted by Gasteiger charge is 2.11. The Morgan fingerprint density at radius 3 is 2.12 bits per heavy atom. The molecule has 0 aliphatic rings. The summed E-state index contributed by atoms with van der Waals surface area (Å²) in [6.07, 6.45) is 1.72. The van der Waals surface area contributed by atoms with Crippen LogP contribution in [0.1, 0.15) is 26.7 Å². The molecule has 0 amide bonds. The van der Waals surface area contributed by atoms with Crippen molar-refractivity contribution in [2.45, 2.75) is 39.8 Å². The topological polar surface area (TPSA) is 79.0 Å². The van der Waals surface area contributed by atoms with Gasteiger partial charge in [-0.1, -0.05) is 13.8 Å². The summed E-state index contributed by atoms with van der Waals surface area (Å²) >= 11 is 5.25. The molecule has 0 radical (unpaired) electrons. The smallest absolute Gasteiger partial charge is 0.279 e. The molecule has 0 fully saturated rings. The van der Waals surface area contributed by atoms with Gasteiger partial charge < -0.3 is 16.0 Å². The lowest BCUT2D eigenvalue weighted by atomic mass is 10.4. The molecule has 0 aliphatic heterocycles. The van der Waals surface area contributed by atoms with E-state index in [1.165, 1.54) is 4.57 Å². The maximum absolute atomic E-state index is 11.8. The van der Waals surface area contributed by atoms with Gasteiger partial charge in [-0.3, -0.25) is 9.36 Å². The monoisotopic (exact) mass is 242 g/mol. The zero-order valence-electron chi connectivity index (χ0n) is 9.69. The van der Waals surface area contributed by atoms with E-state index in [0.717, 1.165) is 12.8 Å². The van der Waals surface area contributed by atoms with Gasteiger partial charge in [0.1, 0.15) is 11.5 Å². The van der Waals surface area contributed by atoms with Gasteiger partial charge >= 0.3 is 0 Å². The minimum atomic E-state index is -0.281. The Balaban J connectivity index is 3.53. The van der Waals surface area contributed by atoms with E-state index in [0.29, 0.717) is 17.9 Å². The van der Waals surface area contributed by atoms with Crippen LogP contribution in [-0.2, 0) is 13.1 Å². The second-order valence-corrected chi connectivity index (χ2v) is 4.06. The number of nitrogen functional groups attached to an aromatic ring is 2. The summed E-state index contributed by atoms with van der Waals surface area (Å²) in [5.74, 6) is 0.282. The molecule has 0 unspecified atom stereocenters. The Morgan fingerprint density at radius 2 is 1.62 bits per heavy atom. The highest BCUT2D eigenvalue weighted by molar-refractivity contribution is 7.71. The fourth-order valence-corrected chi connectivity index (χ4v) is 1.96. The first-order valence-corrected chi connectivity index (χ1v) is 5.83. The summed E-state index contributed by atoms with van der Waals surface area (Å²) in [7, 11) is 0. The number of rotatable bonds is 4. The molecule has 0 saturated carbocycles. The lowest BCUT2D eigenvalue weighted by Crippen LogP contribution is -2.29. The first-order valence-electron chi connectivity index (χ1n) is 5.43. The molecular weight excluding hydrogens is 224 g/mol. The maximum Gasteiger partial charge on any atom is 0.279 e. The van der Waals surface area contributed by atoms with Crippen molar-refractivity contribution in [3.8, 4) is 0 Å². The van der Waals surface area contributed by atoms with Crippen molar-refractivity contribution in [2.75, 3.05) is 11.5 Å². The van der Waals surface area contributed by atoms with Crippen LogP contribution in [0.15, 0.2) is 4.79 Å². The summed E-state index contributed by atoms with van der Waals surface area (Å²) in [5.41, 5.74) is 11.3. The van der Waals surface area contributed by atoms with Gasteiger partial charge in [0.05, 0.1) is 0 Å². The number of nitrogens with two attached hydrogens (primary N) is 2. The van der Waals surface area contributed by atoms with Gasteiger partial charge in [-0.15, -0.1) is 0 Å². The van der Waals surface area contributed by atoms with Crippen LogP contribution in [0.2, 0.25) is 0 Å². The second kappa shape index (κ2) is 5.16. The van der Waals surface area contributed by atoms with Crippen LogP contribution in [0.5, 0.6) is 0 Å². The molecular formula is C10H18N4OS. The van der Waals surface area contributed by atoms with Crippen molar-refractivity contribution < 1.29 is 0 Å². The summed E-state index contributed by atoms with van der Waals surface area (Å²) in [4.78, 5) is 11.8. The van der Waals surface area contributed by atoms with Crippen LogP contribution in [0.4, 0.5) is 11.5 Å². The highest BCUT2D eigenvalue weighted by atomic mass is 32.1. The van der Waals surface area contributed by atoms with Crippen LogP contribution in [-0.4, -0.2) is 9.13 Å². The Hall–Kier alpha value is -1.30. The van der Waals surface area contributed by atoms with Gasteiger partial charge in [-0.25, -0.2) is 0 Å². The third-order valence-electron chi connectivity index (χ3n) is 2.40. The zero-order valence-corrected chi connectivity index (χ0v) is 10.5. The van der Waals surface area contributed by atoms with Crippen molar-refractivity contribution in [2.24, 2.45) is 0 Å². The summed E-state index contributed by atoms with van der Waals surface area (Å²) in [6.45, 7) is 5.26. The molecule has 6 heteroatoms. The van der Waals surface area contributed by atoms with Crippen LogP contribution in [0, 0.1) is 4.77 Å². The molecule has 4 N–H and O–H groups in total. The quantitative estimate of drug-likeness (QED) is 0.781. The largest absolute Gasteiger partial charge is 0.391 e. The molecule has 0 atom stereocenters. The van der Waals surface area contributed by atoms with Crippen molar-refractivity contribution in [1.29, 1.82) is 0 Å². The van der Waals surface area contributed by atoms with Crippen molar-refractivity contribution in [1.82, 2.24) is 9.13 Å². The molecule has 1 aromatic heterocycles. The van der Waals surface area contributed by atoms with Crippen molar-refractivity contribution >= 4 is 23.7 Å². The molecule has 1 rings (SSSR count). The van der Waals surface area contributed by atoms with Gasteiger partial charge in [0.2, 0.25) is 0 Å². The Bertz CT molecular complexity index is 489. The molecule has 0 bridgehead atoms. The Labute approximate surface area is 99.7 Å². The SMILES string of the molecule is CCCn1c(N)c(N)c(=O)n(CCC)c1=S. The minimum Gasteiger partial charge on any atom is -0.391 e. The lowest BCUT2D eigenvalue weighted by Gasteiger charge is -2.15. The lowest BCUT2D eigenvalue weighted by molar-refractivity contribution is 0.568. The zero-order chi connectivity index (χ0) is 12.3. The predicted octanol–water partition coefficient (Wildman–Crippen LogP) is 1.36. The van der Waals surface area contributed by atoms with E-state index in [2.05, 4.69) is 0 Å². The molecule has 1 heterocycles. The fraction of sp³-hybridized carbons (Fsp3) is 0.600. The standard InChI is InChI=1S/C10H18N4OS/c1-3-5-13-8(12)7(11)9(15)14(6-4-2)10(13)16/h3-6,11-12H2,1-2H3. The van der Waals surface area contributed by atoms with Crippen molar-refractivity contribution in [3.63, 3.8) is 0 Å². The van der Waals surface area contributed by atoms with Crippen LogP contribution < -0.4 is 17.0 Å². The summed E-state index contributed by atoms with van der Waals surface area (Å²) in [6, 6.07) is 0. The van der Waals surface area contributed by atoms with Crippen LogP contribution in [0.25, 0.3) is 0 Å². The molecule has 0 aliphatic carbocycles. The van der Waals surface area contributed by atoms with E-state index in [9.17, 15) is 4.79 Å². The van der Waals surface area contributed by atoms with E-state index in [1.807, 2.05) is 13.8 Å². The average molecular weight is 242 g/mol. The maximum atomic E-state index is 11.8. The van der Waals surface area contributed by atoms with E-state index >= 15 is 0 Å². The van der Waals surface area contributed by atoms with Gasteiger partial charge in [0, 0.05) is 13.1 Å². The number of hydrogen-bond donors (Lipinski definition) is 2. The number of hydrogen-bond acceptors (Lipinski definition) is 4. The first-order chi connectivity index (χ1) is 7.54. The average Bonchev–Trinajstić information content (AvgIpc) is 2.28. The molecule has 90 valence electrons. The Kier molecular flexibility index (Phi) is 4.12. The van der Waals surface area contributed by atoms with Gasteiger partial charge in [0.15, 0.2) is 4.77 Å². The number of anilines is 2. The highest BCUT2D eigenvalue weighted by Crippen LogP contribution is 2.11. The van der Waals surface area contributed by atoms with E-state index < -0.39 is 0 Å². The van der Waals surface area contributed by atoms with Gasteiger partial charge in [-0.2, -0.15) is 0 Å². The molecule has 0 saturated heterocycles. The van der Waals surface area contributed by atoms with Gasteiger partial charge in [0.25, 0.3) is 5.56 Å². The molecule has 0 aromatic carbocycles. The van der Waals surface area contributed by atoms with Crippen molar-refractivity contribution in [3.05, 3.63) is 15.1 Å². The fourth-order valence-electron chi connectivity index (χ4n) is 1.60. The van der Waals surface area contributed by atoms with E-state index in [1.54, 1.807) is 4.57 Å². The normalized spacial score (nSPS) is 10.6. The third-order valence-corrected chi connectivity index (χ3v) is 2.84. The Morgan fingerprint density at radius 1 is 1.12 bits per heavy atom. The van der Waals surface area contributed by atoms with Crippen LogP contribution in [0.3, 0.4) is 0 Å². The number of aromatic nitrogens is 2. The van der Waals surface area contributed by atoms with Gasteiger partial charge in [-0.05, 0) is 25.1 Å². The molecule has 16 heavy (non-hydrogen) atoms. The number of nitrogens with zero attached hydrogens (tertiary/aromatic N) is 2. The summed E-state index contributed by atoms with van der Waals surface area (Å²) < 4.78 is 3.69. The van der Waals surface area contributed by atoms with E-state index in [-0.39, 0.29) is 17.1 Å². The second-order valence-electron chi connectivity index (χ2n) is 3.69. The first kappa shape index (κ1) is 12.8. The minimum absolute atomic E-state index is 0.0931. The molecule has 1 aromatic rings. The molecule has 5 nitrogen and oxygen atoms in total. The predicted molar refractivity (Wildman–Crippen MR) is 68.9 cm³/mol. The summed E-state index contributed by atoms with van der Waals surface area (Å²) in [5, 5.41) is 0.